The number of carbonyl (C=O) groups excluding carboxylic acids is 1. The Kier molecular flexibility index (Phi) is 6.37. The first-order chi connectivity index (χ1) is 11.5. The second-order valence-corrected chi connectivity index (χ2v) is 6.45. The van der Waals surface area contributed by atoms with Gasteiger partial charge in [-0.3, -0.25) is 4.79 Å². The lowest BCUT2D eigenvalue weighted by molar-refractivity contribution is -0.113. The smallest absolute Gasteiger partial charge is 0.337 e. The van der Waals surface area contributed by atoms with Crippen LogP contribution in [0.2, 0.25) is 0 Å². The first-order valence-electron chi connectivity index (χ1n) is 7.71. The van der Waals surface area contributed by atoms with E-state index in [1.54, 1.807) is 6.07 Å². The van der Waals surface area contributed by atoms with Crippen LogP contribution in [0, 0.1) is 0 Å². The van der Waals surface area contributed by atoms with Crippen molar-refractivity contribution in [2.75, 3.05) is 11.1 Å². The summed E-state index contributed by atoms with van der Waals surface area (Å²) < 4.78 is 0. The van der Waals surface area contributed by atoms with Gasteiger partial charge in [0, 0.05) is 11.9 Å². The summed E-state index contributed by atoms with van der Waals surface area (Å²) in [7, 11) is 0. The van der Waals surface area contributed by atoms with E-state index in [0.717, 1.165) is 12.1 Å². The van der Waals surface area contributed by atoms with E-state index in [4.69, 9.17) is 5.11 Å². The fourth-order valence-corrected chi connectivity index (χ4v) is 2.70. The zero-order chi connectivity index (χ0) is 17.5. The molecule has 0 radical (unpaired) electrons. The van der Waals surface area contributed by atoms with Gasteiger partial charge in [-0.15, -0.1) is 0 Å². The minimum atomic E-state index is -1.02. The number of aromatic carboxylic acids is 1. The molecule has 1 atom stereocenters. The molecule has 2 aromatic rings. The number of pyridine rings is 1. The van der Waals surface area contributed by atoms with Crippen LogP contribution in [0.5, 0.6) is 0 Å². The molecule has 2 rings (SSSR count). The van der Waals surface area contributed by atoms with Crippen molar-refractivity contribution in [1.29, 1.82) is 0 Å². The van der Waals surface area contributed by atoms with Crippen molar-refractivity contribution in [3.63, 3.8) is 0 Å². The summed E-state index contributed by atoms with van der Waals surface area (Å²) in [4.78, 5) is 26.8. The molecule has 1 aromatic heterocycles. The van der Waals surface area contributed by atoms with Crippen LogP contribution >= 0.6 is 11.8 Å². The van der Waals surface area contributed by atoms with Crippen LogP contribution in [0.25, 0.3) is 0 Å². The van der Waals surface area contributed by atoms with E-state index in [9.17, 15) is 9.59 Å². The number of carboxylic acid groups (broad SMARTS) is 1. The largest absolute Gasteiger partial charge is 0.478 e. The highest BCUT2D eigenvalue weighted by atomic mass is 32.2. The molecular weight excluding hydrogens is 324 g/mol. The molecule has 5 nitrogen and oxygen atoms in total. The van der Waals surface area contributed by atoms with Crippen LogP contribution in [-0.4, -0.2) is 27.7 Å². The molecule has 0 saturated carbocycles. The predicted octanol–water partition coefficient (Wildman–Crippen LogP) is 4.02. The first-order valence-corrected chi connectivity index (χ1v) is 8.70. The van der Waals surface area contributed by atoms with Gasteiger partial charge in [-0.1, -0.05) is 37.7 Å². The molecule has 0 aliphatic heterocycles. The van der Waals surface area contributed by atoms with Gasteiger partial charge in [0.2, 0.25) is 5.91 Å². The van der Waals surface area contributed by atoms with Crippen molar-refractivity contribution in [1.82, 2.24) is 4.98 Å². The van der Waals surface area contributed by atoms with Gasteiger partial charge in [0.25, 0.3) is 0 Å². The molecule has 0 bridgehead atoms. The standard InChI is InChI=1S/C18H20N2O3S/c1-3-12(2)13-4-7-15(8-5-13)20-16(21)11-24-17-9-6-14(10-19-17)18(22)23/h4-10,12H,3,11H2,1-2H3,(H,20,21)(H,22,23)/t12-/m0/s1. The Hall–Kier alpha value is -2.34. The molecule has 1 amide bonds. The van der Waals surface area contributed by atoms with Gasteiger partial charge in [-0.2, -0.15) is 0 Å². The van der Waals surface area contributed by atoms with Gasteiger partial charge in [-0.25, -0.2) is 9.78 Å². The van der Waals surface area contributed by atoms with E-state index in [1.807, 2.05) is 24.3 Å². The molecule has 24 heavy (non-hydrogen) atoms. The Morgan fingerprint density at radius 3 is 2.46 bits per heavy atom. The first kappa shape index (κ1) is 18.0. The second-order valence-electron chi connectivity index (χ2n) is 5.46. The lowest BCUT2D eigenvalue weighted by Gasteiger charge is -2.10. The number of amides is 1. The molecule has 0 spiro atoms. The number of carboxylic acids is 1. The Balaban J connectivity index is 1.85. The summed E-state index contributed by atoms with van der Waals surface area (Å²) in [6.07, 6.45) is 2.37. The van der Waals surface area contributed by atoms with Crippen LogP contribution in [0.4, 0.5) is 5.69 Å². The number of benzene rings is 1. The van der Waals surface area contributed by atoms with Crippen molar-refractivity contribution in [2.45, 2.75) is 31.2 Å². The van der Waals surface area contributed by atoms with Crippen LogP contribution in [0.15, 0.2) is 47.6 Å². The van der Waals surface area contributed by atoms with Gasteiger partial charge in [-0.05, 0) is 42.2 Å². The van der Waals surface area contributed by atoms with Crippen LogP contribution in [0.3, 0.4) is 0 Å². The summed E-state index contributed by atoms with van der Waals surface area (Å²) in [5, 5.41) is 12.3. The van der Waals surface area contributed by atoms with Crippen molar-refractivity contribution < 1.29 is 14.7 Å². The Morgan fingerprint density at radius 1 is 1.21 bits per heavy atom. The van der Waals surface area contributed by atoms with Crippen molar-refractivity contribution in [3.8, 4) is 0 Å². The minimum Gasteiger partial charge on any atom is -0.478 e. The fourth-order valence-electron chi connectivity index (χ4n) is 2.06. The highest BCUT2D eigenvalue weighted by molar-refractivity contribution is 7.99. The van der Waals surface area contributed by atoms with Gasteiger partial charge < -0.3 is 10.4 Å². The summed E-state index contributed by atoms with van der Waals surface area (Å²) in [5.74, 6) is -0.421. The number of aromatic nitrogens is 1. The predicted molar refractivity (Wildman–Crippen MR) is 95.7 cm³/mol. The Labute approximate surface area is 145 Å². The van der Waals surface area contributed by atoms with E-state index in [1.165, 1.54) is 29.6 Å². The summed E-state index contributed by atoms with van der Waals surface area (Å²) in [6, 6.07) is 11.0. The summed E-state index contributed by atoms with van der Waals surface area (Å²) in [5.41, 5.74) is 2.15. The SMILES string of the molecule is CC[C@H](C)c1ccc(NC(=O)CSc2ccc(C(=O)O)cn2)cc1. The molecule has 0 unspecified atom stereocenters. The van der Waals surface area contributed by atoms with Gasteiger partial charge in [0.15, 0.2) is 0 Å². The number of anilines is 1. The lowest BCUT2D eigenvalue weighted by atomic mass is 9.99. The molecule has 6 heteroatoms. The van der Waals surface area contributed by atoms with Crippen molar-refractivity contribution in [3.05, 3.63) is 53.7 Å². The third kappa shape index (κ3) is 5.09. The third-order valence-electron chi connectivity index (χ3n) is 3.71. The molecule has 0 aliphatic carbocycles. The highest BCUT2D eigenvalue weighted by Gasteiger charge is 2.08. The molecule has 0 saturated heterocycles. The molecule has 126 valence electrons. The fraction of sp³-hybridized carbons (Fsp3) is 0.278. The van der Waals surface area contributed by atoms with Gasteiger partial charge >= 0.3 is 5.97 Å². The highest BCUT2D eigenvalue weighted by Crippen LogP contribution is 2.21. The number of hydrogen-bond donors (Lipinski definition) is 2. The molecular formula is C18H20N2O3S. The van der Waals surface area contributed by atoms with Gasteiger partial charge in [0.05, 0.1) is 16.3 Å². The summed E-state index contributed by atoms with van der Waals surface area (Å²) in [6.45, 7) is 4.32. The van der Waals surface area contributed by atoms with E-state index in [-0.39, 0.29) is 17.2 Å². The Bertz CT molecular complexity index is 699. The molecule has 2 N–H and O–H groups in total. The normalized spacial score (nSPS) is 11.8. The Morgan fingerprint density at radius 2 is 1.92 bits per heavy atom. The second kappa shape index (κ2) is 8.49. The summed E-state index contributed by atoms with van der Waals surface area (Å²) >= 11 is 1.26. The average molecular weight is 344 g/mol. The maximum absolute atomic E-state index is 12.0. The molecule has 0 aliphatic rings. The maximum Gasteiger partial charge on any atom is 0.337 e. The number of nitrogens with zero attached hydrogens (tertiary/aromatic N) is 1. The third-order valence-corrected chi connectivity index (χ3v) is 4.65. The molecule has 1 heterocycles. The van der Waals surface area contributed by atoms with E-state index >= 15 is 0 Å². The van der Waals surface area contributed by atoms with E-state index in [2.05, 4.69) is 24.1 Å². The van der Waals surface area contributed by atoms with Crippen molar-refractivity contribution in [2.24, 2.45) is 0 Å². The van der Waals surface area contributed by atoms with Crippen LogP contribution in [-0.2, 0) is 4.79 Å². The van der Waals surface area contributed by atoms with Crippen LogP contribution < -0.4 is 5.32 Å². The number of hydrogen-bond acceptors (Lipinski definition) is 4. The van der Waals surface area contributed by atoms with Crippen molar-refractivity contribution >= 4 is 29.3 Å². The zero-order valence-electron chi connectivity index (χ0n) is 13.7. The number of rotatable bonds is 7. The lowest BCUT2D eigenvalue weighted by Crippen LogP contribution is -2.14. The number of carbonyl (C=O) groups is 2. The van der Waals surface area contributed by atoms with Crippen LogP contribution in [0.1, 0.15) is 42.1 Å². The zero-order valence-corrected chi connectivity index (χ0v) is 14.5. The van der Waals surface area contributed by atoms with E-state index < -0.39 is 5.97 Å². The number of nitrogens with one attached hydrogen (secondary N) is 1. The topological polar surface area (TPSA) is 79.3 Å². The minimum absolute atomic E-state index is 0.125. The van der Waals surface area contributed by atoms with Gasteiger partial charge in [0.1, 0.15) is 0 Å². The monoisotopic (exact) mass is 344 g/mol. The maximum atomic E-state index is 12.0. The number of thioether (sulfide) groups is 1. The average Bonchev–Trinajstić information content (AvgIpc) is 2.60. The quantitative estimate of drug-likeness (QED) is 0.742. The van der Waals surface area contributed by atoms with E-state index in [0.29, 0.717) is 10.9 Å². The molecule has 0 fully saturated rings. The molecule has 1 aromatic carbocycles.